The van der Waals surface area contributed by atoms with Gasteiger partial charge in [-0.3, -0.25) is 0 Å². The number of rotatable bonds is 2. The van der Waals surface area contributed by atoms with Crippen molar-refractivity contribution >= 4 is 22.6 Å². The smallest absolute Gasteiger partial charge is 0.138 e. The van der Waals surface area contributed by atoms with Crippen molar-refractivity contribution in [3.63, 3.8) is 0 Å². The van der Waals surface area contributed by atoms with E-state index in [1.54, 1.807) is 6.26 Å². The van der Waals surface area contributed by atoms with Crippen LogP contribution in [0.4, 0.5) is 0 Å². The number of fused-ring (bicyclic) bond motifs is 1. The second-order valence-electron chi connectivity index (χ2n) is 3.35. The van der Waals surface area contributed by atoms with Gasteiger partial charge in [0.2, 0.25) is 0 Å². The highest BCUT2D eigenvalue weighted by Crippen LogP contribution is 2.29. The second-order valence-corrected chi connectivity index (χ2v) is 3.76. The molecule has 2 nitrogen and oxygen atoms in total. The summed E-state index contributed by atoms with van der Waals surface area (Å²) in [5.74, 6) is 0. The molecule has 0 fully saturated rings. The third-order valence-corrected chi connectivity index (χ3v) is 2.83. The molecule has 1 aromatic carbocycles. The molecule has 2 N–H and O–H groups in total. The topological polar surface area (TPSA) is 39.2 Å². The first-order valence-electron chi connectivity index (χ1n) is 4.59. The summed E-state index contributed by atoms with van der Waals surface area (Å²) in [6.07, 6.45) is 2.61. The molecule has 0 amide bonds. The molecule has 0 unspecified atom stereocenters. The van der Waals surface area contributed by atoms with Crippen molar-refractivity contribution in [2.24, 2.45) is 5.73 Å². The first-order chi connectivity index (χ1) is 6.74. The summed E-state index contributed by atoms with van der Waals surface area (Å²) >= 11 is 5.99. The van der Waals surface area contributed by atoms with Crippen LogP contribution in [0.25, 0.3) is 11.0 Å². The van der Waals surface area contributed by atoms with Gasteiger partial charge in [0.25, 0.3) is 0 Å². The number of nitrogens with two attached hydrogens (primary N) is 1. The largest absolute Gasteiger partial charge is 0.464 e. The molecule has 0 bridgehead atoms. The van der Waals surface area contributed by atoms with Crippen LogP contribution in [0.3, 0.4) is 0 Å². The maximum atomic E-state index is 5.99. The van der Waals surface area contributed by atoms with E-state index in [4.69, 9.17) is 21.8 Å². The Hall–Kier alpha value is -0.990. The zero-order valence-corrected chi connectivity index (χ0v) is 8.77. The molecular formula is C11H12ClNO. The maximum Gasteiger partial charge on any atom is 0.138 e. The van der Waals surface area contributed by atoms with Crippen molar-refractivity contribution in [3.8, 4) is 0 Å². The summed E-state index contributed by atoms with van der Waals surface area (Å²) in [5.41, 5.74) is 8.53. The molecule has 1 heterocycles. The van der Waals surface area contributed by atoms with E-state index in [2.05, 4.69) is 0 Å². The first kappa shape index (κ1) is 9.56. The van der Waals surface area contributed by atoms with E-state index in [1.807, 2.05) is 19.1 Å². The predicted octanol–water partition coefficient (Wildman–Crippen LogP) is 2.90. The minimum atomic E-state index is 0.635. The van der Waals surface area contributed by atoms with Gasteiger partial charge in [0, 0.05) is 16.0 Å². The molecule has 1 aromatic heterocycles. The van der Waals surface area contributed by atoms with Crippen molar-refractivity contribution < 1.29 is 4.42 Å². The molecule has 0 aliphatic carbocycles. The van der Waals surface area contributed by atoms with Crippen LogP contribution in [0.2, 0.25) is 5.02 Å². The Morgan fingerprint density at radius 3 is 2.93 bits per heavy atom. The summed E-state index contributed by atoms with van der Waals surface area (Å²) in [7, 11) is 0. The normalized spacial score (nSPS) is 11.1. The van der Waals surface area contributed by atoms with E-state index < -0.39 is 0 Å². The molecule has 14 heavy (non-hydrogen) atoms. The van der Waals surface area contributed by atoms with Gasteiger partial charge in [-0.2, -0.15) is 0 Å². The van der Waals surface area contributed by atoms with E-state index in [1.165, 1.54) is 0 Å². The maximum absolute atomic E-state index is 5.99. The number of aryl methyl sites for hydroxylation is 1. The molecule has 0 radical (unpaired) electrons. The van der Waals surface area contributed by atoms with Crippen molar-refractivity contribution in [1.29, 1.82) is 0 Å². The Balaban J connectivity index is 2.64. The lowest BCUT2D eigenvalue weighted by Gasteiger charge is -1.98. The summed E-state index contributed by atoms with van der Waals surface area (Å²) in [4.78, 5) is 0. The van der Waals surface area contributed by atoms with Gasteiger partial charge in [-0.25, -0.2) is 0 Å². The second kappa shape index (κ2) is 3.64. The van der Waals surface area contributed by atoms with Gasteiger partial charge in [0.15, 0.2) is 0 Å². The summed E-state index contributed by atoms with van der Waals surface area (Å²) < 4.78 is 5.47. The molecular weight excluding hydrogens is 198 g/mol. The number of hydrogen-bond donors (Lipinski definition) is 1. The molecule has 2 rings (SSSR count). The molecule has 0 saturated carbocycles. The zero-order valence-electron chi connectivity index (χ0n) is 8.01. The number of benzene rings is 1. The van der Waals surface area contributed by atoms with Crippen LogP contribution in [-0.2, 0) is 6.42 Å². The third kappa shape index (κ3) is 1.41. The molecule has 3 heteroatoms. The first-order valence-corrected chi connectivity index (χ1v) is 4.97. The van der Waals surface area contributed by atoms with Gasteiger partial charge in [-0.1, -0.05) is 11.6 Å². The highest BCUT2D eigenvalue weighted by atomic mass is 35.5. The molecule has 0 saturated heterocycles. The monoisotopic (exact) mass is 209 g/mol. The van der Waals surface area contributed by atoms with E-state index in [9.17, 15) is 0 Å². The lowest BCUT2D eigenvalue weighted by molar-refractivity contribution is 0.608. The van der Waals surface area contributed by atoms with Gasteiger partial charge in [-0.15, -0.1) is 0 Å². The Morgan fingerprint density at radius 2 is 2.21 bits per heavy atom. The molecule has 0 atom stereocenters. The standard InChI is InChI=1S/C11H12ClNO/c1-7-10(12)3-2-9-8(4-5-13)6-14-11(7)9/h2-3,6H,4-5,13H2,1H3. The van der Waals surface area contributed by atoms with Gasteiger partial charge >= 0.3 is 0 Å². The molecule has 74 valence electrons. The van der Waals surface area contributed by atoms with Crippen LogP contribution >= 0.6 is 11.6 Å². The van der Waals surface area contributed by atoms with E-state index in [-0.39, 0.29) is 0 Å². The summed E-state index contributed by atoms with van der Waals surface area (Å²) in [6.45, 7) is 2.59. The van der Waals surface area contributed by atoms with Crippen LogP contribution in [-0.4, -0.2) is 6.54 Å². The van der Waals surface area contributed by atoms with Crippen molar-refractivity contribution in [2.75, 3.05) is 6.54 Å². The van der Waals surface area contributed by atoms with E-state index in [0.717, 1.165) is 33.5 Å². The fraction of sp³-hybridized carbons (Fsp3) is 0.273. The number of furan rings is 1. The SMILES string of the molecule is Cc1c(Cl)ccc2c(CCN)coc12. The minimum absolute atomic E-state index is 0.635. The Morgan fingerprint density at radius 1 is 1.43 bits per heavy atom. The lowest BCUT2D eigenvalue weighted by Crippen LogP contribution is -2.01. The van der Waals surface area contributed by atoms with Gasteiger partial charge in [0.05, 0.1) is 6.26 Å². The lowest BCUT2D eigenvalue weighted by atomic mass is 10.1. The highest BCUT2D eigenvalue weighted by molar-refractivity contribution is 6.32. The molecule has 0 aliphatic rings. The van der Waals surface area contributed by atoms with Crippen molar-refractivity contribution in [1.82, 2.24) is 0 Å². The van der Waals surface area contributed by atoms with Gasteiger partial charge in [-0.05, 0) is 37.6 Å². The van der Waals surface area contributed by atoms with Crippen molar-refractivity contribution in [3.05, 3.63) is 34.5 Å². The highest BCUT2D eigenvalue weighted by Gasteiger charge is 2.09. The quantitative estimate of drug-likeness (QED) is 0.826. The molecule has 2 aromatic rings. The van der Waals surface area contributed by atoms with Gasteiger partial charge < -0.3 is 10.2 Å². The fourth-order valence-electron chi connectivity index (χ4n) is 1.62. The van der Waals surface area contributed by atoms with Crippen LogP contribution in [0, 0.1) is 6.92 Å². The van der Waals surface area contributed by atoms with Crippen LogP contribution in [0.15, 0.2) is 22.8 Å². The number of hydrogen-bond acceptors (Lipinski definition) is 2. The third-order valence-electron chi connectivity index (χ3n) is 2.42. The van der Waals surface area contributed by atoms with Gasteiger partial charge in [0.1, 0.15) is 5.58 Å². The Labute approximate surface area is 87.6 Å². The van der Waals surface area contributed by atoms with Crippen LogP contribution in [0.1, 0.15) is 11.1 Å². The van der Waals surface area contributed by atoms with E-state index in [0.29, 0.717) is 6.54 Å². The van der Waals surface area contributed by atoms with E-state index >= 15 is 0 Å². The average molecular weight is 210 g/mol. The average Bonchev–Trinajstić information content (AvgIpc) is 2.57. The summed E-state index contributed by atoms with van der Waals surface area (Å²) in [5, 5.41) is 1.86. The van der Waals surface area contributed by atoms with Crippen LogP contribution < -0.4 is 5.73 Å². The zero-order chi connectivity index (χ0) is 10.1. The fourth-order valence-corrected chi connectivity index (χ4v) is 1.76. The summed E-state index contributed by atoms with van der Waals surface area (Å²) in [6, 6.07) is 3.88. The minimum Gasteiger partial charge on any atom is -0.464 e. The van der Waals surface area contributed by atoms with Crippen LogP contribution in [0.5, 0.6) is 0 Å². The Kier molecular flexibility index (Phi) is 2.48. The molecule has 0 aliphatic heterocycles. The Bertz CT molecular complexity index is 462. The number of halogens is 1. The predicted molar refractivity (Wildman–Crippen MR) is 58.7 cm³/mol. The van der Waals surface area contributed by atoms with Crippen molar-refractivity contribution in [2.45, 2.75) is 13.3 Å². The molecule has 0 spiro atoms.